The van der Waals surface area contributed by atoms with Crippen LogP contribution < -0.4 is 16.4 Å². The first kappa shape index (κ1) is 31.1. The van der Waals surface area contributed by atoms with Crippen LogP contribution in [-0.4, -0.2) is 52.9 Å². The summed E-state index contributed by atoms with van der Waals surface area (Å²) in [5.74, 6) is -1.25. The summed E-state index contributed by atoms with van der Waals surface area (Å²) in [6.45, 7) is 11.7. The van der Waals surface area contributed by atoms with Crippen molar-refractivity contribution in [2.24, 2.45) is 5.73 Å². The van der Waals surface area contributed by atoms with Crippen molar-refractivity contribution in [2.45, 2.75) is 117 Å². The number of benzene rings is 1. The third kappa shape index (κ3) is 9.65. The van der Waals surface area contributed by atoms with E-state index in [0.717, 1.165) is 55.2 Å². The topological polar surface area (TPSA) is 131 Å². The lowest BCUT2D eigenvalue weighted by atomic mass is 9.87. The molecule has 1 fully saturated rings. The number of hydrogen-bond donors (Lipinski definition) is 3. The van der Waals surface area contributed by atoms with Crippen molar-refractivity contribution >= 4 is 23.8 Å². The summed E-state index contributed by atoms with van der Waals surface area (Å²) in [5.41, 5.74) is 7.32. The fourth-order valence-electron chi connectivity index (χ4n) is 4.65. The fourth-order valence-corrected chi connectivity index (χ4v) is 4.65. The molecule has 4 amide bonds. The number of ether oxygens (including phenoxy) is 1. The van der Waals surface area contributed by atoms with E-state index in [1.54, 1.807) is 25.7 Å². The number of nitrogens with two attached hydrogens (primary N) is 1. The summed E-state index contributed by atoms with van der Waals surface area (Å²) < 4.78 is 5.39. The Labute approximate surface area is 227 Å². The van der Waals surface area contributed by atoms with E-state index in [0.29, 0.717) is 6.54 Å². The first-order valence-corrected chi connectivity index (χ1v) is 13.8. The molecule has 212 valence electrons. The quantitative estimate of drug-likeness (QED) is 0.329. The SMILES string of the molecule is CCCCCNC(=O)C(c1cc(C)cc(C)c1)N(C(=O)C(CCC(N)=O)NC(=O)OC(C)(C)C)C1CCC1. The average molecular weight is 531 g/mol. The van der Waals surface area contributed by atoms with Crippen molar-refractivity contribution in [1.29, 1.82) is 0 Å². The molecule has 4 N–H and O–H groups in total. The number of primary amides is 1. The molecule has 38 heavy (non-hydrogen) atoms. The summed E-state index contributed by atoms with van der Waals surface area (Å²) >= 11 is 0. The molecule has 9 nitrogen and oxygen atoms in total. The number of amides is 4. The molecule has 0 spiro atoms. The van der Waals surface area contributed by atoms with Gasteiger partial charge in [0.25, 0.3) is 0 Å². The van der Waals surface area contributed by atoms with Gasteiger partial charge in [-0.25, -0.2) is 4.79 Å². The van der Waals surface area contributed by atoms with Crippen molar-refractivity contribution in [3.05, 3.63) is 34.9 Å². The number of nitrogens with one attached hydrogen (secondary N) is 2. The second-order valence-corrected chi connectivity index (χ2v) is 11.4. The molecule has 0 radical (unpaired) electrons. The van der Waals surface area contributed by atoms with Gasteiger partial charge in [-0.2, -0.15) is 0 Å². The molecule has 1 aromatic rings. The zero-order chi connectivity index (χ0) is 28.5. The van der Waals surface area contributed by atoms with Gasteiger partial charge in [-0.1, -0.05) is 49.1 Å². The Kier molecular flexibility index (Phi) is 11.6. The van der Waals surface area contributed by atoms with E-state index in [9.17, 15) is 19.2 Å². The van der Waals surface area contributed by atoms with Crippen LogP contribution in [0.5, 0.6) is 0 Å². The number of alkyl carbamates (subject to hydrolysis) is 1. The van der Waals surface area contributed by atoms with Crippen molar-refractivity contribution in [3.63, 3.8) is 0 Å². The summed E-state index contributed by atoms with van der Waals surface area (Å²) in [7, 11) is 0. The first-order valence-electron chi connectivity index (χ1n) is 13.8. The molecular formula is C29H46N4O5. The lowest BCUT2D eigenvalue weighted by Crippen LogP contribution is -2.57. The molecule has 0 saturated heterocycles. The number of hydrogen-bond acceptors (Lipinski definition) is 5. The van der Waals surface area contributed by atoms with E-state index in [1.807, 2.05) is 32.0 Å². The third-order valence-corrected chi connectivity index (χ3v) is 6.56. The number of rotatable bonds is 13. The van der Waals surface area contributed by atoms with Crippen molar-refractivity contribution in [2.75, 3.05) is 6.54 Å². The smallest absolute Gasteiger partial charge is 0.408 e. The Balaban J connectivity index is 2.48. The van der Waals surface area contributed by atoms with Crippen LogP contribution in [0, 0.1) is 13.8 Å². The molecule has 0 heterocycles. The Morgan fingerprint density at radius 3 is 2.21 bits per heavy atom. The van der Waals surface area contributed by atoms with Gasteiger partial charge in [0.15, 0.2) is 0 Å². The van der Waals surface area contributed by atoms with Gasteiger partial charge in [-0.05, 0) is 72.3 Å². The number of carbonyl (C=O) groups is 4. The van der Waals surface area contributed by atoms with Gasteiger partial charge in [0.05, 0.1) is 0 Å². The summed E-state index contributed by atoms with van der Waals surface area (Å²) in [5, 5.41) is 5.68. The van der Waals surface area contributed by atoms with E-state index in [1.165, 1.54) is 0 Å². The van der Waals surface area contributed by atoms with Crippen LogP contribution in [0.1, 0.15) is 102 Å². The summed E-state index contributed by atoms with van der Waals surface area (Å²) in [6, 6.07) is 3.79. The van der Waals surface area contributed by atoms with E-state index >= 15 is 0 Å². The monoisotopic (exact) mass is 530 g/mol. The normalized spacial score (nSPS) is 15.1. The van der Waals surface area contributed by atoms with Crippen LogP contribution in [0.4, 0.5) is 4.79 Å². The van der Waals surface area contributed by atoms with Crippen LogP contribution in [-0.2, 0) is 19.1 Å². The van der Waals surface area contributed by atoms with Gasteiger partial charge in [0, 0.05) is 19.0 Å². The minimum absolute atomic E-state index is 0.00825. The molecule has 1 aliphatic carbocycles. The van der Waals surface area contributed by atoms with E-state index in [-0.39, 0.29) is 24.8 Å². The Morgan fingerprint density at radius 1 is 1.08 bits per heavy atom. The first-order chi connectivity index (χ1) is 17.8. The van der Waals surface area contributed by atoms with Crippen LogP contribution in [0.25, 0.3) is 0 Å². The number of aryl methyl sites for hydroxylation is 2. The second-order valence-electron chi connectivity index (χ2n) is 11.4. The Morgan fingerprint density at radius 2 is 1.71 bits per heavy atom. The van der Waals surface area contributed by atoms with Gasteiger partial charge in [-0.3, -0.25) is 14.4 Å². The minimum atomic E-state index is -1.07. The predicted octanol–water partition coefficient (Wildman–Crippen LogP) is 4.19. The number of nitrogens with zero attached hydrogens (tertiary/aromatic N) is 1. The Hall–Kier alpha value is -3.10. The summed E-state index contributed by atoms with van der Waals surface area (Å²) in [6.07, 6.45) is 4.47. The largest absolute Gasteiger partial charge is 0.444 e. The molecule has 0 aromatic heterocycles. The highest BCUT2D eigenvalue weighted by Gasteiger charge is 2.42. The molecule has 2 atom stereocenters. The van der Waals surface area contributed by atoms with Crippen LogP contribution in [0.3, 0.4) is 0 Å². The van der Waals surface area contributed by atoms with Crippen molar-refractivity contribution in [1.82, 2.24) is 15.5 Å². The molecule has 0 aliphatic heterocycles. The maximum atomic E-state index is 14.2. The van der Waals surface area contributed by atoms with E-state index in [4.69, 9.17) is 10.5 Å². The molecule has 1 aromatic carbocycles. The van der Waals surface area contributed by atoms with Gasteiger partial charge in [-0.15, -0.1) is 0 Å². The van der Waals surface area contributed by atoms with E-state index in [2.05, 4.69) is 17.6 Å². The molecule has 0 bridgehead atoms. The molecule has 2 unspecified atom stereocenters. The van der Waals surface area contributed by atoms with Crippen LogP contribution >= 0.6 is 0 Å². The Bertz CT molecular complexity index is 963. The minimum Gasteiger partial charge on any atom is -0.444 e. The second kappa shape index (κ2) is 14.2. The van der Waals surface area contributed by atoms with Crippen molar-refractivity contribution < 1.29 is 23.9 Å². The third-order valence-electron chi connectivity index (χ3n) is 6.56. The summed E-state index contributed by atoms with van der Waals surface area (Å²) in [4.78, 5) is 53.8. The standard InChI is InChI=1S/C29H46N4O5/c1-7-8-9-15-31-26(35)25(21-17-19(2)16-20(3)18-21)33(22-11-10-12-22)27(36)23(13-14-24(30)34)32-28(37)38-29(4,5)6/h16-18,22-23,25H,7-15H2,1-6H3,(H2,30,34)(H,31,35)(H,32,37). The van der Waals surface area contributed by atoms with Gasteiger partial charge < -0.3 is 26.0 Å². The maximum absolute atomic E-state index is 14.2. The zero-order valence-electron chi connectivity index (χ0n) is 23.9. The fraction of sp³-hybridized carbons (Fsp3) is 0.655. The predicted molar refractivity (Wildman–Crippen MR) is 147 cm³/mol. The van der Waals surface area contributed by atoms with Gasteiger partial charge in [0.2, 0.25) is 17.7 Å². The molecular weight excluding hydrogens is 484 g/mol. The maximum Gasteiger partial charge on any atom is 0.408 e. The van der Waals surface area contributed by atoms with Crippen LogP contribution in [0.15, 0.2) is 18.2 Å². The average Bonchev–Trinajstić information content (AvgIpc) is 2.75. The lowest BCUT2D eigenvalue weighted by Gasteiger charge is -2.43. The molecule has 1 aliphatic rings. The highest BCUT2D eigenvalue weighted by atomic mass is 16.6. The zero-order valence-corrected chi connectivity index (χ0v) is 23.9. The number of unbranched alkanes of at least 4 members (excludes halogenated alkanes) is 2. The highest BCUT2D eigenvalue weighted by Crippen LogP contribution is 2.34. The molecule has 9 heteroatoms. The highest BCUT2D eigenvalue weighted by molar-refractivity contribution is 5.92. The van der Waals surface area contributed by atoms with Crippen LogP contribution in [0.2, 0.25) is 0 Å². The molecule has 2 rings (SSSR count). The molecule has 1 saturated carbocycles. The van der Waals surface area contributed by atoms with Gasteiger partial charge in [0.1, 0.15) is 17.7 Å². The lowest BCUT2D eigenvalue weighted by molar-refractivity contribution is -0.147. The van der Waals surface area contributed by atoms with Crippen molar-refractivity contribution in [3.8, 4) is 0 Å². The van der Waals surface area contributed by atoms with Gasteiger partial charge >= 0.3 is 6.09 Å². The number of carbonyl (C=O) groups excluding carboxylic acids is 4. The van der Waals surface area contributed by atoms with E-state index < -0.39 is 35.6 Å².